The lowest BCUT2D eigenvalue weighted by Gasteiger charge is -2.43. The van der Waals surface area contributed by atoms with Crippen LogP contribution in [0.5, 0.6) is 0 Å². The number of halogens is 1. The predicted molar refractivity (Wildman–Crippen MR) is 160 cm³/mol. The van der Waals surface area contributed by atoms with Crippen LogP contribution in [0.3, 0.4) is 0 Å². The highest BCUT2D eigenvalue weighted by Crippen LogP contribution is 2.43. The molecule has 4 aromatic carbocycles. The normalized spacial score (nSPS) is 16.6. The highest BCUT2D eigenvalue weighted by molar-refractivity contribution is 7.21. The number of hydrogen-bond acceptors (Lipinski definition) is 4. The molecular formula is C32H26ClN3O2S. The summed E-state index contributed by atoms with van der Waals surface area (Å²) < 4.78 is 1.14. The average Bonchev–Trinajstić information content (AvgIpc) is 3.38. The Balaban J connectivity index is 1.32. The molecule has 0 aliphatic carbocycles. The van der Waals surface area contributed by atoms with Gasteiger partial charge in [-0.3, -0.25) is 9.59 Å². The number of aromatic nitrogens is 1. The number of para-hydroxylation sites is 2. The molecule has 2 atom stereocenters. The van der Waals surface area contributed by atoms with E-state index in [1.807, 2.05) is 90.7 Å². The van der Waals surface area contributed by atoms with Crippen molar-refractivity contribution in [3.8, 4) is 10.6 Å². The molecule has 2 heterocycles. The second-order valence-corrected chi connectivity index (χ2v) is 11.2. The van der Waals surface area contributed by atoms with Crippen LogP contribution in [0.4, 0.5) is 11.4 Å². The third-order valence-corrected chi connectivity index (χ3v) is 8.55. The first-order valence-corrected chi connectivity index (χ1v) is 14.0. The molecule has 5 aromatic rings. The van der Waals surface area contributed by atoms with Crippen molar-refractivity contribution in [2.75, 3.05) is 9.80 Å². The summed E-state index contributed by atoms with van der Waals surface area (Å²) in [7, 11) is 0. The van der Waals surface area contributed by atoms with E-state index in [4.69, 9.17) is 16.6 Å². The summed E-state index contributed by atoms with van der Waals surface area (Å²) in [5.41, 5.74) is 5.12. The van der Waals surface area contributed by atoms with Crippen molar-refractivity contribution in [3.63, 3.8) is 0 Å². The van der Waals surface area contributed by atoms with Gasteiger partial charge in [-0.1, -0.05) is 54.1 Å². The van der Waals surface area contributed by atoms with Gasteiger partial charge in [0.15, 0.2) is 0 Å². The van der Waals surface area contributed by atoms with E-state index in [9.17, 15) is 9.59 Å². The Labute approximate surface area is 236 Å². The molecule has 1 aliphatic heterocycles. The molecule has 1 aliphatic rings. The van der Waals surface area contributed by atoms with Gasteiger partial charge in [-0.05, 0) is 73.5 Å². The van der Waals surface area contributed by atoms with Crippen LogP contribution in [0, 0.1) is 0 Å². The van der Waals surface area contributed by atoms with Crippen LogP contribution in [0.15, 0.2) is 97.1 Å². The number of amides is 2. The van der Waals surface area contributed by atoms with E-state index in [-0.39, 0.29) is 23.9 Å². The molecule has 7 heteroatoms. The second kappa shape index (κ2) is 10.3. The van der Waals surface area contributed by atoms with Gasteiger partial charge in [-0.15, -0.1) is 11.3 Å². The molecule has 0 radical (unpaired) electrons. The smallest absolute Gasteiger partial charge is 0.258 e. The first-order chi connectivity index (χ1) is 18.9. The maximum absolute atomic E-state index is 13.9. The molecule has 0 N–H and O–H groups in total. The molecule has 0 bridgehead atoms. The number of fused-ring (bicyclic) bond motifs is 2. The van der Waals surface area contributed by atoms with E-state index in [0.717, 1.165) is 37.7 Å². The number of hydrogen-bond donors (Lipinski definition) is 0. The first kappa shape index (κ1) is 25.3. The average molecular weight is 552 g/mol. The number of rotatable bonds is 4. The summed E-state index contributed by atoms with van der Waals surface area (Å²) in [6, 6.07) is 30.6. The minimum atomic E-state index is -0.208. The van der Waals surface area contributed by atoms with Gasteiger partial charge in [0, 0.05) is 40.5 Å². The van der Waals surface area contributed by atoms with E-state index in [1.165, 1.54) is 0 Å². The number of carbonyl (C=O) groups is 2. The van der Waals surface area contributed by atoms with Crippen molar-refractivity contribution in [2.24, 2.45) is 0 Å². The molecule has 6 rings (SSSR count). The lowest BCUT2D eigenvalue weighted by molar-refractivity contribution is -0.117. The fraction of sp³-hybridized carbons (Fsp3) is 0.156. The zero-order chi connectivity index (χ0) is 27.1. The third-order valence-electron chi connectivity index (χ3n) is 7.21. The van der Waals surface area contributed by atoms with E-state index < -0.39 is 0 Å². The maximum atomic E-state index is 13.9. The molecule has 1 aromatic heterocycles. The number of thiazole rings is 1. The van der Waals surface area contributed by atoms with E-state index in [1.54, 1.807) is 35.3 Å². The van der Waals surface area contributed by atoms with Crippen molar-refractivity contribution < 1.29 is 9.59 Å². The Kier molecular flexibility index (Phi) is 6.67. The van der Waals surface area contributed by atoms with Crippen molar-refractivity contribution >= 4 is 56.3 Å². The van der Waals surface area contributed by atoms with Gasteiger partial charge in [0.1, 0.15) is 5.01 Å². The van der Waals surface area contributed by atoms with Gasteiger partial charge in [0.25, 0.3) is 5.91 Å². The zero-order valence-corrected chi connectivity index (χ0v) is 23.1. The van der Waals surface area contributed by atoms with Crippen LogP contribution in [-0.4, -0.2) is 22.8 Å². The van der Waals surface area contributed by atoms with Crippen LogP contribution in [0.2, 0.25) is 5.02 Å². The van der Waals surface area contributed by atoms with Gasteiger partial charge < -0.3 is 9.80 Å². The molecule has 0 spiro atoms. The van der Waals surface area contributed by atoms with Crippen LogP contribution in [0.1, 0.15) is 42.2 Å². The topological polar surface area (TPSA) is 53.5 Å². The van der Waals surface area contributed by atoms with Crippen molar-refractivity contribution in [1.82, 2.24) is 4.98 Å². The minimum Gasteiger partial charge on any atom is -0.305 e. The van der Waals surface area contributed by atoms with Crippen LogP contribution in [0.25, 0.3) is 20.8 Å². The molecule has 0 saturated heterocycles. The second-order valence-electron chi connectivity index (χ2n) is 9.76. The maximum Gasteiger partial charge on any atom is 0.258 e. The number of carbonyl (C=O) groups excluding carboxylic acids is 2. The highest BCUT2D eigenvalue weighted by Gasteiger charge is 2.38. The fourth-order valence-corrected chi connectivity index (χ4v) is 6.51. The van der Waals surface area contributed by atoms with Gasteiger partial charge in [0.05, 0.1) is 16.3 Å². The Bertz CT molecular complexity index is 1650. The zero-order valence-electron chi connectivity index (χ0n) is 21.5. The van der Waals surface area contributed by atoms with Crippen molar-refractivity contribution in [3.05, 3.63) is 113 Å². The monoisotopic (exact) mass is 551 g/mol. The largest absolute Gasteiger partial charge is 0.305 e. The van der Waals surface area contributed by atoms with Crippen LogP contribution < -0.4 is 9.80 Å². The third kappa shape index (κ3) is 4.71. The van der Waals surface area contributed by atoms with Crippen LogP contribution in [-0.2, 0) is 4.79 Å². The van der Waals surface area contributed by atoms with Gasteiger partial charge >= 0.3 is 0 Å². The van der Waals surface area contributed by atoms with E-state index >= 15 is 0 Å². The standard InChI is InChI=1S/C32H26ClN3O2S/c1-20-19-29(36(21(2)37)25-17-15-24(33)16-18-25)26-7-3-5-9-28(26)35(20)32(38)23-13-11-22(12-14-23)31-34-27-8-4-6-10-30(27)39-31/h3-18,20,29H,19H2,1-2H3/t20-,29+/m0/s1. The number of anilines is 2. The SMILES string of the molecule is CC(=O)N(c1ccc(Cl)cc1)[C@@H]1C[C@H](C)N(C(=O)c2ccc(-c3nc4ccccc4s3)cc2)c2ccccc21. The first-order valence-electron chi connectivity index (χ1n) is 12.8. The van der Waals surface area contributed by atoms with Crippen LogP contribution >= 0.6 is 22.9 Å². The molecule has 0 fully saturated rings. The molecule has 0 unspecified atom stereocenters. The van der Waals surface area contributed by atoms with Gasteiger partial charge in [0.2, 0.25) is 5.91 Å². The number of benzene rings is 4. The number of nitrogens with zero attached hydrogens (tertiary/aromatic N) is 3. The summed E-state index contributed by atoms with van der Waals surface area (Å²) in [5.74, 6) is -0.125. The summed E-state index contributed by atoms with van der Waals surface area (Å²) in [5, 5.41) is 1.55. The quantitative estimate of drug-likeness (QED) is 0.226. The van der Waals surface area contributed by atoms with E-state index in [2.05, 4.69) is 6.07 Å². The summed E-state index contributed by atoms with van der Waals surface area (Å²) in [6.45, 7) is 3.61. The molecule has 0 saturated carbocycles. The predicted octanol–water partition coefficient (Wildman–Crippen LogP) is 8.15. The molecule has 2 amide bonds. The van der Waals surface area contributed by atoms with Crippen molar-refractivity contribution in [2.45, 2.75) is 32.4 Å². The Morgan fingerprint density at radius 1 is 0.923 bits per heavy atom. The molecule has 194 valence electrons. The Morgan fingerprint density at radius 3 is 2.33 bits per heavy atom. The van der Waals surface area contributed by atoms with Crippen molar-refractivity contribution in [1.29, 1.82) is 0 Å². The lowest BCUT2D eigenvalue weighted by Crippen LogP contribution is -2.47. The molecule has 39 heavy (non-hydrogen) atoms. The van der Waals surface area contributed by atoms with Gasteiger partial charge in [-0.25, -0.2) is 4.98 Å². The summed E-state index contributed by atoms with van der Waals surface area (Å²) >= 11 is 7.75. The molecular weight excluding hydrogens is 526 g/mol. The van der Waals surface area contributed by atoms with E-state index in [0.29, 0.717) is 17.0 Å². The minimum absolute atomic E-state index is 0.0606. The fourth-order valence-electron chi connectivity index (χ4n) is 5.41. The van der Waals surface area contributed by atoms with Gasteiger partial charge in [-0.2, -0.15) is 0 Å². The lowest BCUT2D eigenvalue weighted by atomic mass is 9.89. The Hall–Kier alpha value is -4.00. The summed E-state index contributed by atoms with van der Waals surface area (Å²) in [6.07, 6.45) is 0.606. The highest BCUT2D eigenvalue weighted by atomic mass is 35.5. The molecule has 5 nitrogen and oxygen atoms in total. The summed E-state index contributed by atoms with van der Waals surface area (Å²) in [4.78, 5) is 35.2. The Morgan fingerprint density at radius 2 is 1.62 bits per heavy atom.